The first-order chi connectivity index (χ1) is 18.2. The summed E-state index contributed by atoms with van der Waals surface area (Å²) in [5, 5.41) is 0. The molecule has 3 aromatic rings. The van der Waals surface area contributed by atoms with Crippen LogP contribution in [0.2, 0.25) is 0 Å². The highest BCUT2D eigenvalue weighted by molar-refractivity contribution is 5.72. The summed E-state index contributed by atoms with van der Waals surface area (Å²) >= 11 is 0. The average molecular weight is 521 g/mol. The van der Waals surface area contributed by atoms with E-state index >= 15 is 0 Å². The molecular formula is C29H34F2N6O. The maximum Gasteiger partial charge on any atom is 0.178 e. The van der Waals surface area contributed by atoms with Crippen molar-refractivity contribution in [3.8, 4) is 17.0 Å². The van der Waals surface area contributed by atoms with Crippen LogP contribution in [0.3, 0.4) is 0 Å². The average Bonchev–Trinajstić information content (AvgIpc) is 2.84. The number of rotatable bonds is 6. The number of hydrogen-bond acceptors (Lipinski definition) is 7. The molecule has 0 amide bonds. The van der Waals surface area contributed by atoms with Crippen molar-refractivity contribution in [2.45, 2.75) is 45.2 Å². The van der Waals surface area contributed by atoms with Gasteiger partial charge in [-0.2, -0.15) is 0 Å². The molecule has 2 fully saturated rings. The fourth-order valence-corrected chi connectivity index (χ4v) is 6.05. The van der Waals surface area contributed by atoms with Crippen LogP contribution in [0.4, 0.5) is 20.2 Å². The first kappa shape index (κ1) is 25.0. The Hall–Kier alpha value is -3.33. The van der Waals surface area contributed by atoms with Crippen LogP contribution in [0.25, 0.3) is 11.3 Å². The molecule has 1 aliphatic carbocycles. The highest BCUT2D eigenvalue weighted by Crippen LogP contribution is 2.50. The van der Waals surface area contributed by atoms with Gasteiger partial charge in [-0.15, -0.1) is 0 Å². The number of aromatic nitrogens is 3. The number of benzene rings is 1. The van der Waals surface area contributed by atoms with Crippen LogP contribution in [0.5, 0.6) is 5.75 Å². The lowest BCUT2D eigenvalue weighted by molar-refractivity contribution is 0.00131. The van der Waals surface area contributed by atoms with Gasteiger partial charge in [-0.3, -0.25) is 4.98 Å². The van der Waals surface area contributed by atoms with E-state index in [1.165, 1.54) is 18.9 Å². The molecule has 0 N–H and O–H groups in total. The first-order valence-corrected chi connectivity index (χ1v) is 13.3. The van der Waals surface area contributed by atoms with Crippen LogP contribution in [0, 0.1) is 17.0 Å². The van der Waals surface area contributed by atoms with Crippen LogP contribution in [-0.2, 0) is 6.42 Å². The predicted molar refractivity (Wildman–Crippen MR) is 144 cm³/mol. The Morgan fingerprint density at radius 3 is 2.55 bits per heavy atom. The van der Waals surface area contributed by atoms with Gasteiger partial charge in [0.2, 0.25) is 0 Å². The number of nitrogens with zero attached hydrogens (tertiary/aromatic N) is 6. The molecule has 3 aliphatic rings. The summed E-state index contributed by atoms with van der Waals surface area (Å²) in [6, 6.07) is 7.96. The van der Waals surface area contributed by atoms with E-state index in [-0.39, 0.29) is 17.5 Å². The van der Waals surface area contributed by atoms with E-state index < -0.39 is 11.6 Å². The molecule has 1 saturated carbocycles. The molecule has 200 valence electrons. The minimum atomic E-state index is -0.594. The highest BCUT2D eigenvalue weighted by atomic mass is 19.1. The van der Waals surface area contributed by atoms with E-state index in [0.29, 0.717) is 48.1 Å². The Bertz CT molecular complexity index is 1330. The van der Waals surface area contributed by atoms with Gasteiger partial charge in [-0.1, -0.05) is 0 Å². The summed E-state index contributed by atoms with van der Waals surface area (Å²) in [6.45, 7) is 7.29. The Morgan fingerprint density at radius 2 is 1.87 bits per heavy atom. The van der Waals surface area contributed by atoms with Crippen molar-refractivity contribution < 1.29 is 13.5 Å². The predicted octanol–water partition coefficient (Wildman–Crippen LogP) is 4.55. The highest BCUT2D eigenvalue weighted by Gasteiger charge is 2.52. The van der Waals surface area contributed by atoms with Gasteiger partial charge in [0.25, 0.3) is 0 Å². The van der Waals surface area contributed by atoms with Crippen molar-refractivity contribution in [3.63, 3.8) is 0 Å². The van der Waals surface area contributed by atoms with E-state index in [2.05, 4.69) is 49.8 Å². The zero-order valence-electron chi connectivity index (χ0n) is 22.4. The fourth-order valence-electron chi connectivity index (χ4n) is 6.05. The first-order valence-electron chi connectivity index (χ1n) is 13.3. The second-order valence-electron chi connectivity index (χ2n) is 11.5. The summed E-state index contributed by atoms with van der Waals surface area (Å²) in [5.41, 5.74) is 3.44. The van der Waals surface area contributed by atoms with Crippen molar-refractivity contribution in [1.29, 1.82) is 0 Å². The van der Waals surface area contributed by atoms with Crippen molar-refractivity contribution in [1.82, 2.24) is 19.9 Å². The minimum Gasteiger partial charge on any atom is -0.486 e. The molecule has 4 heterocycles. The van der Waals surface area contributed by atoms with Gasteiger partial charge >= 0.3 is 0 Å². The lowest BCUT2D eigenvalue weighted by atomic mass is 9.60. The van der Waals surface area contributed by atoms with Crippen molar-refractivity contribution in [3.05, 3.63) is 59.8 Å². The quantitative estimate of drug-likeness (QED) is 0.473. The minimum absolute atomic E-state index is 0.0741. The molecule has 2 aliphatic heterocycles. The number of halogens is 2. The van der Waals surface area contributed by atoms with Gasteiger partial charge in [0, 0.05) is 41.8 Å². The fraction of sp³-hybridized carbons (Fsp3) is 0.483. The van der Waals surface area contributed by atoms with Crippen LogP contribution in [0.15, 0.2) is 36.7 Å². The molecule has 0 radical (unpaired) electrons. The molecule has 2 aromatic heterocycles. The monoisotopic (exact) mass is 520 g/mol. The molecule has 0 atom stereocenters. The molecule has 9 heteroatoms. The number of pyridine rings is 1. The van der Waals surface area contributed by atoms with E-state index in [9.17, 15) is 8.78 Å². The third-order valence-electron chi connectivity index (χ3n) is 8.24. The summed E-state index contributed by atoms with van der Waals surface area (Å²) < 4.78 is 35.4. The van der Waals surface area contributed by atoms with Gasteiger partial charge < -0.3 is 19.4 Å². The zero-order valence-corrected chi connectivity index (χ0v) is 22.4. The van der Waals surface area contributed by atoms with Crippen LogP contribution >= 0.6 is 0 Å². The maximum atomic E-state index is 15.0. The van der Waals surface area contributed by atoms with Gasteiger partial charge in [-0.25, -0.2) is 18.7 Å². The van der Waals surface area contributed by atoms with E-state index in [1.54, 1.807) is 6.07 Å². The van der Waals surface area contributed by atoms with Gasteiger partial charge in [0.1, 0.15) is 18.1 Å². The van der Waals surface area contributed by atoms with Crippen LogP contribution < -0.4 is 14.5 Å². The van der Waals surface area contributed by atoms with Gasteiger partial charge in [0.15, 0.2) is 17.4 Å². The van der Waals surface area contributed by atoms with E-state index in [4.69, 9.17) is 4.74 Å². The molecule has 1 aromatic carbocycles. The third-order valence-corrected chi connectivity index (χ3v) is 8.24. The molecular weight excluding hydrogens is 486 g/mol. The maximum absolute atomic E-state index is 15.0. The SMILES string of the molecule is CC(C)N1CCOc2c(F)cc(-c3nc(Cc4ccc(N5CC6(CC(N(C)C)C6)C5)cn4)ncc3F)cc21. The summed E-state index contributed by atoms with van der Waals surface area (Å²) in [4.78, 5) is 20.1. The van der Waals surface area contributed by atoms with Gasteiger partial charge in [0.05, 0.1) is 36.7 Å². The molecule has 38 heavy (non-hydrogen) atoms. The second kappa shape index (κ2) is 9.45. The Labute approximate surface area is 222 Å². The van der Waals surface area contributed by atoms with Crippen molar-refractivity contribution >= 4 is 11.4 Å². The van der Waals surface area contributed by atoms with E-state index in [1.807, 2.05) is 26.1 Å². The molecule has 0 bridgehead atoms. The van der Waals surface area contributed by atoms with Crippen molar-refractivity contribution in [2.75, 3.05) is 50.1 Å². The van der Waals surface area contributed by atoms with Gasteiger partial charge in [-0.05, 0) is 65.0 Å². The summed E-state index contributed by atoms with van der Waals surface area (Å²) in [6.07, 6.45) is 5.94. The molecule has 1 spiro atoms. The standard InChI is InChI=1S/C29H34F2N6O/c1-18(2)37-7-8-38-28-23(30)9-19(10-25(28)37)27-24(31)15-33-26(34-27)11-20-5-6-21(14-32-20)36-16-29(17-36)12-22(13-29)35(3)4/h5-6,9-10,14-15,18,22H,7-8,11-13,16-17H2,1-4H3. The Morgan fingerprint density at radius 1 is 1.08 bits per heavy atom. The molecule has 0 unspecified atom stereocenters. The van der Waals surface area contributed by atoms with Crippen molar-refractivity contribution in [2.24, 2.45) is 5.41 Å². The Kier molecular flexibility index (Phi) is 6.21. The van der Waals surface area contributed by atoms with Crippen LogP contribution in [-0.4, -0.2) is 72.3 Å². The lowest BCUT2D eigenvalue weighted by Crippen LogP contribution is -2.66. The molecule has 1 saturated heterocycles. The van der Waals surface area contributed by atoms with Crippen LogP contribution in [0.1, 0.15) is 38.2 Å². The largest absolute Gasteiger partial charge is 0.486 e. The third kappa shape index (κ3) is 4.46. The normalized spacial score (nSPS) is 18.4. The lowest BCUT2D eigenvalue weighted by Gasteiger charge is -2.61. The molecule has 7 nitrogen and oxygen atoms in total. The topological polar surface area (TPSA) is 57.6 Å². The molecule has 6 rings (SSSR count). The smallest absolute Gasteiger partial charge is 0.178 e. The second-order valence-corrected chi connectivity index (χ2v) is 11.5. The van der Waals surface area contributed by atoms with E-state index in [0.717, 1.165) is 30.7 Å². The number of fused-ring (bicyclic) bond motifs is 1. The summed E-state index contributed by atoms with van der Waals surface area (Å²) in [7, 11) is 4.32. The summed E-state index contributed by atoms with van der Waals surface area (Å²) in [5.74, 6) is -0.477. The number of anilines is 2. The zero-order chi connectivity index (χ0) is 26.6. The number of ether oxygens (including phenoxy) is 1. The number of hydrogen-bond donors (Lipinski definition) is 0. The Balaban J connectivity index is 1.17.